The van der Waals surface area contributed by atoms with Gasteiger partial charge in [-0.05, 0) is 18.8 Å². The van der Waals surface area contributed by atoms with Gasteiger partial charge in [-0.1, -0.05) is 12.8 Å². The molecule has 1 aromatic rings. The van der Waals surface area contributed by atoms with Crippen molar-refractivity contribution in [1.29, 1.82) is 0 Å². The Morgan fingerprint density at radius 1 is 1.25 bits per heavy atom. The van der Waals surface area contributed by atoms with Gasteiger partial charge < -0.3 is 16.5 Å². The Morgan fingerprint density at radius 2 is 1.94 bits per heavy atom. The van der Waals surface area contributed by atoms with Gasteiger partial charge in [0, 0.05) is 12.6 Å². The minimum Gasteiger partial charge on any atom is -0.370 e. The molecular formula is C10H18N6. The Bertz CT molecular complexity index is 347. The molecule has 0 saturated heterocycles. The summed E-state index contributed by atoms with van der Waals surface area (Å²) in [6.07, 6.45) is 5.28. The Hall–Kier alpha value is -1.56. The number of anilines is 3. The van der Waals surface area contributed by atoms with Crippen LogP contribution in [0.15, 0.2) is 6.07 Å². The highest BCUT2D eigenvalue weighted by atomic mass is 15.3. The maximum atomic E-state index is 5.56. The third-order valence-corrected chi connectivity index (χ3v) is 2.94. The van der Waals surface area contributed by atoms with Crippen molar-refractivity contribution in [3.8, 4) is 0 Å². The molecule has 6 nitrogen and oxygen atoms in total. The van der Waals surface area contributed by atoms with Gasteiger partial charge in [0.2, 0.25) is 5.95 Å². The van der Waals surface area contributed by atoms with E-state index in [1.54, 1.807) is 6.07 Å². The fourth-order valence-corrected chi connectivity index (χ4v) is 2.09. The summed E-state index contributed by atoms with van der Waals surface area (Å²) in [7, 11) is 0. The van der Waals surface area contributed by atoms with Crippen molar-refractivity contribution in [1.82, 2.24) is 9.97 Å². The average Bonchev–Trinajstić information content (AvgIpc) is 2.78. The van der Waals surface area contributed by atoms with Gasteiger partial charge >= 0.3 is 0 Å². The van der Waals surface area contributed by atoms with E-state index in [1.165, 1.54) is 25.7 Å². The highest BCUT2D eigenvalue weighted by molar-refractivity contribution is 5.50. The molecule has 1 saturated carbocycles. The Balaban J connectivity index is 1.94. The standard InChI is InChI=1S/C10H18N6/c11-10-14-8(5-9(15-10)16-12)13-6-7-3-1-2-4-7/h5,7H,1-4,6,12H2,(H4,11,13,14,15,16). The van der Waals surface area contributed by atoms with Crippen molar-refractivity contribution < 1.29 is 0 Å². The molecule has 0 radical (unpaired) electrons. The molecule has 88 valence electrons. The zero-order chi connectivity index (χ0) is 11.4. The molecule has 2 rings (SSSR count). The van der Waals surface area contributed by atoms with Crippen LogP contribution in [0.1, 0.15) is 25.7 Å². The third-order valence-electron chi connectivity index (χ3n) is 2.94. The molecule has 6 N–H and O–H groups in total. The predicted octanol–water partition coefficient (Wildman–Crippen LogP) is 0.946. The van der Waals surface area contributed by atoms with Crippen LogP contribution in [0.4, 0.5) is 17.6 Å². The van der Waals surface area contributed by atoms with E-state index in [9.17, 15) is 0 Å². The van der Waals surface area contributed by atoms with Crippen LogP contribution in [0.3, 0.4) is 0 Å². The zero-order valence-electron chi connectivity index (χ0n) is 9.24. The van der Waals surface area contributed by atoms with E-state index in [0.29, 0.717) is 5.82 Å². The SMILES string of the molecule is NNc1cc(NCC2CCCC2)nc(N)n1. The van der Waals surface area contributed by atoms with Gasteiger partial charge in [-0.15, -0.1) is 0 Å². The normalized spacial score (nSPS) is 16.3. The lowest BCUT2D eigenvalue weighted by molar-refractivity contribution is 0.579. The second kappa shape index (κ2) is 4.98. The van der Waals surface area contributed by atoms with E-state index in [1.807, 2.05) is 0 Å². The van der Waals surface area contributed by atoms with Crippen LogP contribution in [-0.2, 0) is 0 Å². The molecule has 0 amide bonds. The lowest BCUT2D eigenvalue weighted by Gasteiger charge is -2.12. The molecule has 1 aliphatic carbocycles. The van der Waals surface area contributed by atoms with Gasteiger partial charge in [-0.2, -0.15) is 9.97 Å². The lowest BCUT2D eigenvalue weighted by Crippen LogP contribution is -2.15. The fraction of sp³-hybridized carbons (Fsp3) is 0.600. The maximum absolute atomic E-state index is 5.56. The van der Waals surface area contributed by atoms with Gasteiger partial charge in [0.05, 0.1) is 0 Å². The number of nitrogens with zero attached hydrogens (tertiary/aromatic N) is 2. The first-order valence-electron chi connectivity index (χ1n) is 5.63. The van der Waals surface area contributed by atoms with Crippen LogP contribution in [-0.4, -0.2) is 16.5 Å². The van der Waals surface area contributed by atoms with E-state index in [0.717, 1.165) is 18.3 Å². The number of hydrogen-bond donors (Lipinski definition) is 4. The molecule has 0 spiro atoms. The maximum Gasteiger partial charge on any atom is 0.223 e. The molecule has 1 aromatic heterocycles. The summed E-state index contributed by atoms with van der Waals surface area (Å²) in [6, 6.07) is 1.76. The summed E-state index contributed by atoms with van der Waals surface area (Å²) < 4.78 is 0. The van der Waals surface area contributed by atoms with E-state index >= 15 is 0 Å². The number of nitrogens with one attached hydrogen (secondary N) is 2. The first-order chi connectivity index (χ1) is 7.78. The number of aromatic nitrogens is 2. The van der Waals surface area contributed by atoms with Gasteiger partial charge in [-0.25, -0.2) is 5.84 Å². The second-order valence-corrected chi connectivity index (χ2v) is 4.17. The van der Waals surface area contributed by atoms with Crippen LogP contribution < -0.4 is 22.3 Å². The second-order valence-electron chi connectivity index (χ2n) is 4.17. The molecule has 0 bridgehead atoms. The average molecular weight is 222 g/mol. The van der Waals surface area contributed by atoms with Crippen LogP contribution in [0.5, 0.6) is 0 Å². The molecule has 6 heteroatoms. The van der Waals surface area contributed by atoms with Crippen molar-refractivity contribution in [3.05, 3.63) is 6.07 Å². The number of hydrazine groups is 1. The Labute approximate surface area is 94.8 Å². The summed E-state index contributed by atoms with van der Waals surface area (Å²) in [4.78, 5) is 8.03. The highest BCUT2D eigenvalue weighted by Crippen LogP contribution is 2.25. The largest absolute Gasteiger partial charge is 0.370 e. The summed E-state index contributed by atoms with van der Waals surface area (Å²) in [5.74, 6) is 7.52. The van der Waals surface area contributed by atoms with E-state index in [4.69, 9.17) is 11.6 Å². The summed E-state index contributed by atoms with van der Waals surface area (Å²) >= 11 is 0. The monoisotopic (exact) mass is 222 g/mol. The van der Waals surface area contributed by atoms with E-state index in [2.05, 4.69) is 20.7 Å². The lowest BCUT2D eigenvalue weighted by atomic mass is 10.1. The van der Waals surface area contributed by atoms with Crippen LogP contribution in [0.2, 0.25) is 0 Å². The Kier molecular flexibility index (Phi) is 3.40. The molecular weight excluding hydrogens is 204 g/mol. The van der Waals surface area contributed by atoms with Crippen LogP contribution in [0.25, 0.3) is 0 Å². The summed E-state index contributed by atoms with van der Waals surface area (Å²) in [5.41, 5.74) is 8.03. The minimum absolute atomic E-state index is 0.226. The van der Waals surface area contributed by atoms with E-state index in [-0.39, 0.29) is 5.95 Å². The van der Waals surface area contributed by atoms with Gasteiger partial charge in [0.1, 0.15) is 11.6 Å². The number of nitrogen functional groups attached to an aromatic ring is 2. The van der Waals surface area contributed by atoms with Crippen molar-refractivity contribution in [3.63, 3.8) is 0 Å². The van der Waals surface area contributed by atoms with Crippen molar-refractivity contribution >= 4 is 17.6 Å². The van der Waals surface area contributed by atoms with Gasteiger partial charge in [0.15, 0.2) is 0 Å². The van der Waals surface area contributed by atoms with Crippen LogP contribution >= 0.6 is 0 Å². The quantitative estimate of drug-likeness (QED) is 0.447. The Morgan fingerprint density at radius 3 is 2.62 bits per heavy atom. The molecule has 1 aliphatic rings. The zero-order valence-corrected chi connectivity index (χ0v) is 9.24. The number of hydrogen-bond acceptors (Lipinski definition) is 6. The number of rotatable bonds is 4. The predicted molar refractivity (Wildman–Crippen MR) is 64.7 cm³/mol. The smallest absolute Gasteiger partial charge is 0.223 e. The fourth-order valence-electron chi connectivity index (χ4n) is 2.09. The minimum atomic E-state index is 0.226. The van der Waals surface area contributed by atoms with Gasteiger partial charge in [0.25, 0.3) is 0 Å². The summed E-state index contributed by atoms with van der Waals surface area (Å²) in [6.45, 7) is 0.945. The third kappa shape index (κ3) is 2.73. The summed E-state index contributed by atoms with van der Waals surface area (Å²) in [5, 5.41) is 3.28. The topological polar surface area (TPSA) is 102 Å². The number of nitrogens with two attached hydrogens (primary N) is 2. The van der Waals surface area contributed by atoms with Crippen molar-refractivity contribution in [2.45, 2.75) is 25.7 Å². The highest BCUT2D eigenvalue weighted by Gasteiger charge is 2.14. The molecule has 16 heavy (non-hydrogen) atoms. The van der Waals surface area contributed by atoms with Crippen molar-refractivity contribution in [2.75, 3.05) is 23.0 Å². The molecule has 0 aliphatic heterocycles. The molecule has 1 heterocycles. The molecule has 0 atom stereocenters. The van der Waals surface area contributed by atoms with E-state index < -0.39 is 0 Å². The first-order valence-corrected chi connectivity index (χ1v) is 5.63. The van der Waals surface area contributed by atoms with Gasteiger partial charge in [-0.3, -0.25) is 0 Å². The molecule has 0 unspecified atom stereocenters. The molecule has 1 fully saturated rings. The van der Waals surface area contributed by atoms with Crippen molar-refractivity contribution in [2.24, 2.45) is 11.8 Å². The molecule has 0 aromatic carbocycles. The van der Waals surface area contributed by atoms with Crippen LogP contribution in [0, 0.1) is 5.92 Å². The first kappa shape index (κ1) is 10.9.